The van der Waals surface area contributed by atoms with Gasteiger partial charge in [0, 0.05) is 36.8 Å². The Balaban J connectivity index is 0.00000514. The maximum Gasteiger partial charge on any atom is 3.00 e. The fourth-order valence-electron chi connectivity index (χ4n) is 5.00. The van der Waals surface area contributed by atoms with Gasteiger partial charge in [0.25, 0.3) is 0 Å². The van der Waals surface area contributed by atoms with Crippen LogP contribution in [0.4, 0.5) is 0 Å². The van der Waals surface area contributed by atoms with Crippen LogP contribution in [0.3, 0.4) is 0 Å². The van der Waals surface area contributed by atoms with E-state index in [1.807, 2.05) is 36.4 Å². The number of aromatic nitrogens is 3. The maximum absolute atomic E-state index is 13.2. The Kier molecular flexibility index (Phi) is 12.9. The van der Waals surface area contributed by atoms with E-state index >= 15 is 0 Å². The number of carbonyl (C=O) groups is 3. The molecule has 0 fully saturated rings. The number of hydrogen-bond acceptors (Lipinski definition) is 9. The molecule has 0 atom stereocenters. The molecule has 270 valence electrons. The molecule has 0 bridgehead atoms. The van der Waals surface area contributed by atoms with E-state index in [-0.39, 0.29) is 54.0 Å². The fraction of sp³-hybridized carbons (Fsp3) is 0. The van der Waals surface area contributed by atoms with Crippen LogP contribution in [-0.4, -0.2) is 32.9 Å². The molecule has 4 aromatic carbocycles. The fourth-order valence-corrected chi connectivity index (χ4v) is 6.09. The molecular weight excluding hydrogens is 1070 g/mol. The summed E-state index contributed by atoms with van der Waals surface area (Å²) in [5.74, 6) is -2.43. The number of rotatable bonds is 9. The quantitative estimate of drug-likeness (QED) is 0.0791. The minimum absolute atomic E-state index is 0. The maximum atomic E-state index is 13.2. The van der Waals surface area contributed by atoms with Crippen molar-refractivity contribution in [3.8, 4) is 51.0 Å². The van der Waals surface area contributed by atoms with E-state index in [1.165, 1.54) is 36.8 Å². The summed E-state index contributed by atoms with van der Waals surface area (Å²) >= 11 is 10.3. The molecule has 55 heavy (non-hydrogen) atoms. The molecular formula is C42H21Br3IrN3O6. The van der Waals surface area contributed by atoms with Crippen molar-refractivity contribution in [3.05, 3.63) is 176 Å². The number of halogens is 3. The number of nitrogens with zero attached hydrogens (tertiary/aromatic N) is 3. The van der Waals surface area contributed by atoms with Gasteiger partial charge in [0.1, 0.15) is 17.2 Å². The number of carbonyl (C=O) groups excluding carboxylic acids is 3. The average Bonchev–Trinajstić information content (AvgIpc) is 3.18. The van der Waals surface area contributed by atoms with Crippen molar-refractivity contribution in [1.29, 1.82) is 0 Å². The topological polar surface area (TPSA) is 118 Å². The number of hydrogen-bond donors (Lipinski definition) is 0. The predicted octanol–water partition coefficient (Wildman–Crippen LogP) is 10.2. The molecule has 3 heterocycles. The van der Waals surface area contributed by atoms with E-state index in [0.717, 1.165) is 30.1 Å². The van der Waals surface area contributed by atoms with Crippen LogP contribution in [0.2, 0.25) is 0 Å². The predicted molar refractivity (Wildman–Crippen MR) is 210 cm³/mol. The summed E-state index contributed by atoms with van der Waals surface area (Å²) in [5.41, 5.74) is 4.46. The first-order chi connectivity index (χ1) is 26.2. The molecule has 0 N–H and O–H groups in total. The summed E-state index contributed by atoms with van der Waals surface area (Å²) in [6.45, 7) is 0. The summed E-state index contributed by atoms with van der Waals surface area (Å²) in [6, 6.07) is 39.4. The molecule has 3 aromatic heterocycles. The van der Waals surface area contributed by atoms with Crippen LogP contribution in [0.25, 0.3) is 33.8 Å². The molecule has 0 aliphatic heterocycles. The monoisotopic (exact) mass is 1090 g/mol. The minimum Gasteiger partial charge on any atom is -0.423 e. The smallest absolute Gasteiger partial charge is 0.423 e. The standard InChI is InChI=1S/C42H21Br3N3O6.Ir/c43-31-7-1-4-25(16-31)37-13-10-28(22-46-37)40(49)52-34-19-35(53-41(50)29-11-14-38(47-23-29)26-5-2-8-32(44)17-26)21-36(20-34)54-42(51)30-12-15-39(48-24-30)27-6-3-9-33(45)18-27;/h1-3,7-24H;/q-3;+3. The molecule has 7 rings (SSSR count). The van der Waals surface area contributed by atoms with Gasteiger partial charge < -0.3 is 29.2 Å². The molecule has 0 radical (unpaired) electrons. The molecule has 0 aliphatic carbocycles. The second-order valence-electron chi connectivity index (χ2n) is 11.4. The number of ether oxygens (including phenoxy) is 3. The third-order valence-electron chi connectivity index (χ3n) is 7.60. The zero-order chi connectivity index (χ0) is 37.6. The van der Waals surface area contributed by atoms with E-state index in [0.29, 0.717) is 17.1 Å². The Morgan fingerprint density at radius 3 is 0.964 bits per heavy atom. The van der Waals surface area contributed by atoms with E-state index in [2.05, 4.69) is 80.9 Å². The van der Waals surface area contributed by atoms with Gasteiger partial charge in [0.2, 0.25) is 0 Å². The molecule has 9 nitrogen and oxygen atoms in total. The summed E-state index contributed by atoms with van der Waals surface area (Å²) in [7, 11) is 0. The number of pyridine rings is 3. The SMILES string of the molecule is O=C(Oc1cc(OC(=O)c2ccc(-c3[c-]ccc(Br)c3)nc2)cc(OC(=O)c2ccc(-c3[c-]ccc(Br)c3)nc2)c1)c1ccc(-c2[c-]ccc(Br)c2)nc1.[Ir+3]. The van der Waals surface area contributed by atoms with Gasteiger partial charge >= 0.3 is 38.0 Å². The molecule has 0 spiro atoms. The van der Waals surface area contributed by atoms with Gasteiger partial charge in [-0.2, -0.15) is 0 Å². The Hall–Kier alpha value is -5.17. The van der Waals surface area contributed by atoms with Gasteiger partial charge in [-0.25, -0.2) is 14.4 Å². The second-order valence-corrected chi connectivity index (χ2v) is 14.1. The second kappa shape index (κ2) is 18.0. The van der Waals surface area contributed by atoms with Crippen molar-refractivity contribution >= 4 is 65.7 Å². The molecule has 0 saturated heterocycles. The molecule has 0 amide bonds. The van der Waals surface area contributed by atoms with Gasteiger partial charge in [0.15, 0.2) is 0 Å². The molecule has 7 aromatic rings. The normalized spacial score (nSPS) is 10.5. The van der Waals surface area contributed by atoms with E-state index in [9.17, 15) is 14.4 Å². The zero-order valence-electron chi connectivity index (χ0n) is 27.9. The molecule has 0 unspecified atom stereocenters. The van der Waals surface area contributed by atoms with Gasteiger partial charge in [-0.3, -0.25) is 0 Å². The van der Waals surface area contributed by atoms with Crippen LogP contribution in [0.15, 0.2) is 141 Å². The first-order valence-corrected chi connectivity index (χ1v) is 18.3. The Morgan fingerprint density at radius 1 is 0.436 bits per heavy atom. The van der Waals surface area contributed by atoms with Crippen molar-refractivity contribution in [2.45, 2.75) is 0 Å². The van der Waals surface area contributed by atoms with E-state index < -0.39 is 17.9 Å². The van der Waals surface area contributed by atoms with E-state index in [1.54, 1.807) is 54.6 Å². The van der Waals surface area contributed by atoms with Crippen molar-refractivity contribution in [2.75, 3.05) is 0 Å². The summed E-state index contributed by atoms with van der Waals surface area (Å²) in [6.07, 6.45) is 4.13. The van der Waals surface area contributed by atoms with Crippen LogP contribution < -0.4 is 14.2 Å². The summed E-state index contributed by atoms with van der Waals surface area (Å²) < 4.78 is 19.5. The summed E-state index contributed by atoms with van der Waals surface area (Å²) in [4.78, 5) is 52.9. The Labute approximate surface area is 353 Å². The molecule has 0 saturated carbocycles. The van der Waals surface area contributed by atoms with Crippen LogP contribution in [0, 0.1) is 18.2 Å². The van der Waals surface area contributed by atoms with Crippen LogP contribution in [0.5, 0.6) is 17.2 Å². The largest absolute Gasteiger partial charge is 3.00 e. The number of benzene rings is 4. The van der Waals surface area contributed by atoms with Crippen LogP contribution >= 0.6 is 47.8 Å². The van der Waals surface area contributed by atoms with Gasteiger partial charge in [-0.05, 0) is 17.1 Å². The average molecular weight is 1100 g/mol. The Morgan fingerprint density at radius 2 is 0.727 bits per heavy atom. The Bertz CT molecular complexity index is 2230. The third kappa shape index (κ3) is 10.1. The zero-order valence-corrected chi connectivity index (χ0v) is 35.0. The molecule has 13 heteroatoms. The minimum atomic E-state index is -0.749. The van der Waals surface area contributed by atoms with Gasteiger partial charge in [-0.1, -0.05) is 97.6 Å². The van der Waals surface area contributed by atoms with Gasteiger partial charge in [-0.15, -0.1) is 89.5 Å². The van der Waals surface area contributed by atoms with Crippen LogP contribution in [-0.2, 0) is 20.1 Å². The van der Waals surface area contributed by atoms with Crippen LogP contribution in [0.1, 0.15) is 31.1 Å². The summed E-state index contributed by atoms with van der Waals surface area (Å²) in [5, 5.41) is 0. The van der Waals surface area contributed by atoms with Gasteiger partial charge in [0.05, 0.1) is 16.7 Å². The first kappa shape index (κ1) is 39.5. The van der Waals surface area contributed by atoms with Crippen molar-refractivity contribution in [2.24, 2.45) is 0 Å². The molecule has 0 aliphatic rings. The number of esters is 3. The van der Waals surface area contributed by atoms with Crippen molar-refractivity contribution < 1.29 is 48.7 Å². The van der Waals surface area contributed by atoms with Crippen molar-refractivity contribution in [3.63, 3.8) is 0 Å². The third-order valence-corrected chi connectivity index (χ3v) is 9.08. The van der Waals surface area contributed by atoms with E-state index in [4.69, 9.17) is 14.2 Å². The van der Waals surface area contributed by atoms with Crippen molar-refractivity contribution in [1.82, 2.24) is 15.0 Å². The first-order valence-electron chi connectivity index (χ1n) is 15.9.